The van der Waals surface area contributed by atoms with Crippen LogP contribution in [0.1, 0.15) is 97.6 Å². The van der Waals surface area contributed by atoms with Crippen LogP contribution in [0, 0.1) is 11.3 Å². The van der Waals surface area contributed by atoms with Gasteiger partial charge in [-0.3, -0.25) is 0 Å². The van der Waals surface area contributed by atoms with Crippen molar-refractivity contribution in [2.75, 3.05) is 12.8 Å². The van der Waals surface area contributed by atoms with Gasteiger partial charge in [0.2, 0.25) is 0 Å². The Labute approximate surface area is 167 Å². The zero-order chi connectivity index (χ0) is 20.7. The molecule has 1 aliphatic rings. The number of aryl methyl sites for hydroxylation is 1. The van der Waals surface area contributed by atoms with E-state index in [9.17, 15) is 5.11 Å². The lowest BCUT2D eigenvalue weighted by atomic mass is 9.56. The average molecular weight is 378 g/mol. The van der Waals surface area contributed by atoms with Crippen LogP contribution in [0.25, 0.3) is 0 Å². The van der Waals surface area contributed by atoms with E-state index in [2.05, 4.69) is 41.5 Å². The van der Waals surface area contributed by atoms with Gasteiger partial charge < -0.3 is 15.6 Å². The number of nitrogen functional groups attached to an aromatic ring is 1. The molecule has 1 aromatic carbocycles. The van der Waals surface area contributed by atoms with Crippen LogP contribution in [0.3, 0.4) is 0 Å². The zero-order valence-corrected chi connectivity index (χ0v) is 18.8. The van der Waals surface area contributed by atoms with Crippen molar-refractivity contribution in [1.82, 2.24) is 0 Å². The van der Waals surface area contributed by atoms with Crippen LogP contribution in [-0.2, 0) is 12.0 Å². The van der Waals surface area contributed by atoms with Gasteiger partial charge in [0.15, 0.2) is 0 Å². The number of rotatable bonds is 7. The van der Waals surface area contributed by atoms with Crippen LogP contribution >= 0.6 is 0 Å². The first-order chi connectivity index (χ1) is 12.7. The van der Waals surface area contributed by atoms with Gasteiger partial charge in [-0.15, -0.1) is 0 Å². The van der Waals surface area contributed by atoms with E-state index in [-0.39, 0.29) is 11.3 Å². The SMILES string of the molecule is CCCC.CCCC(CCC)C1(O)c2cc(N)c(OC)cc2CCC1(C)C. The molecule has 1 aliphatic carbocycles. The van der Waals surface area contributed by atoms with Gasteiger partial charge in [0.25, 0.3) is 0 Å². The van der Waals surface area contributed by atoms with Gasteiger partial charge >= 0.3 is 0 Å². The summed E-state index contributed by atoms with van der Waals surface area (Å²) in [5.74, 6) is 0.979. The number of benzene rings is 1. The third kappa shape index (κ3) is 4.99. The number of aliphatic hydroxyl groups is 1. The van der Waals surface area contributed by atoms with Crippen molar-refractivity contribution in [2.45, 2.75) is 98.5 Å². The Morgan fingerprint density at radius 2 is 1.59 bits per heavy atom. The molecule has 0 heterocycles. The van der Waals surface area contributed by atoms with E-state index < -0.39 is 5.60 Å². The first kappa shape index (κ1) is 23.8. The molecule has 1 unspecified atom stereocenters. The molecule has 0 aliphatic heterocycles. The lowest BCUT2D eigenvalue weighted by Gasteiger charge is -2.52. The molecular formula is C24H43NO2. The minimum absolute atomic E-state index is 0.157. The van der Waals surface area contributed by atoms with Crippen LogP contribution in [0.5, 0.6) is 5.75 Å². The Bertz CT molecular complexity index is 574. The van der Waals surface area contributed by atoms with Crippen LogP contribution < -0.4 is 10.5 Å². The lowest BCUT2D eigenvalue weighted by molar-refractivity contribution is -0.135. The van der Waals surface area contributed by atoms with Crippen molar-refractivity contribution in [1.29, 1.82) is 0 Å². The largest absolute Gasteiger partial charge is 0.495 e. The molecule has 0 bridgehead atoms. The summed E-state index contributed by atoms with van der Waals surface area (Å²) in [6.45, 7) is 13.2. The maximum atomic E-state index is 12.0. The normalized spacial score (nSPS) is 20.6. The number of ether oxygens (including phenoxy) is 1. The summed E-state index contributed by atoms with van der Waals surface area (Å²) in [4.78, 5) is 0. The summed E-state index contributed by atoms with van der Waals surface area (Å²) in [7, 11) is 1.65. The number of nitrogens with two attached hydrogens (primary N) is 1. The highest BCUT2D eigenvalue weighted by atomic mass is 16.5. The third-order valence-electron chi connectivity index (χ3n) is 6.28. The molecule has 0 aromatic heterocycles. The Morgan fingerprint density at radius 1 is 1.04 bits per heavy atom. The second kappa shape index (κ2) is 10.4. The van der Waals surface area contributed by atoms with Gasteiger partial charge in [-0.1, -0.05) is 67.2 Å². The fraction of sp³-hybridized carbons (Fsp3) is 0.750. The molecule has 3 heteroatoms. The summed E-state index contributed by atoms with van der Waals surface area (Å²) < 4.78 is 5.38. The van der Waals surface area contributed by atoms with E-state index in [1.165, 1.54) is 18.4 Å². The van der Waals surface area contributed by atoms with Crippen LogP contribution in [0.15, 0.2) is 12.1 Å². The number of fused-ring (bicyclic) bond motifs is 1. The van der Waals surface area contributed by atoms with Gasteiger partial charge in [0.05, 0.1) is 18.4 Å². The molecule has 0 fully saturated rings. The Kier molecular flexibility index (Phi) is 9.14. The molecule has 3 nitrogen and oxygen atoms in total. The van der Waals surface area contributed by atoms with E-state index in [4.69, 9.17) is 10.5 Å². The molecule has 2 rings (SSSR count). The maximum Gasteiger partial charge on any atom is 0.142 e. The molecule has 0 radical (unpaired) electrons. The molecule has 0 saturated heterocycles. The summed E-state index contributed by atoms with van der Waals surface area (Å²) >= 11 is 0. The number of hydrogen-bond acceptors (Lipinski definition) is 3. The predicted octanol–water partition coefficient (Wildman–Crippen LogP) is 6.46. The van der Waals surface area contributed by atoms with Gasteiger partial charge in [-0.05, 0) is 60.3 Å². The van der Waals surface area contributed by atoms with E-state index in [0.29, 0.717) is 11.4 Å². The van der Waals surface area contributed by atoms with Crippen LogP contribution in [0.2, 0.25) is 0 Å². The second-order valence-electron chi connectivity index (χ2n) is 8.68. The number of hydrogen-bond donors (Lipinski definition) is 2. The van der Waals surface area contributed by atoms with Gasteiger partial charge in [0, 0.05) is 0 Å². The Hall–Kier alpha value is -1.22. The van der Waals surface area contributed by atoms with E-state index in [0.717, 1.165) is 44.1 Å². The van der Waals surface area contributed by atoms with Gasteiger partial charge in [0.1, 0.15) is 5.75 Å². The van der Waals surface area contributed by atoms with Crippen molar-refractivity contribution in [3.63, 3.8) is 0 Å². The summed E-state index contributed by atoms with van der Waals surface area (Å²) in [6, 6.07) is 3.99. The molecule has 27 heavy (non-hydrogen) atoms. The topological polar surface area (TPSA) is 55.5 Å². The summed E-state index contributed by atoms with van der Waals surface area (Å²) in [5.41, 5.74) is 8.03. The molecule has 0 amide bonds. The van der Waals surface area contributed by atoms with Crippen molar-refractivity contribution in [3.8, 4) is 5.75 Å². The quantitative estimate of drug-likeness (QED) is 0.536. The van der Waals surface area contributed by atoms with Crippen LogP contribution in [0.4, 0.5) is 5.69 Å². The number of methoxy groups -OCH3 is 1. The third-order valence-corrected chi connectivity index (χ3v) is 6.28. The minimum Gasteiger partial charge on any atom is -0.495 e. The average Bonchev–Trinajstić information content (AvgIpc) is 2.65. The van der Waals surface area contributed by atoms with Crippen molar-refractivity contribution >= 4 is 5.69 Å². The highest BCUT2D eigenvalue weighted by Gasteiger charge is 2.52. The van der Waals surface area contributed by atoms with Gasteiger partial charge in [-0.25, -0.2) is 0 Å². The standard InChI is InChI=1S/C20H33NO2.C4H10/c1-6-8-15(9-7-2)20(22)16-13-17(21)18(23-5)12-14(16)10-11-19(20,3)4;1-3-4-2/h12-13,15,22H,6-11,21H2,1-5H3;3-4H2,1-2H3. The highest BCUT2D eigenvalue weighted by Crippen LogP contribution is 2.55. The number of anilines is 1. The summed E-state index contributed by atoms with van der Waals surface area (Å²) in [6.07, 6.45) is 8.84. The van der Waals surface area contributed by atoms with Crippen molar-refractivity contribution in [2.24, 2.45) is 11.3 Å². The van der Waals surface area contributed by atoms with Crippen molar-refractivity contribution in [3.05, 3.63) is 23.3 Å². The van der Waals surface area contributed by atoms with E-state index >= 15 is 0 Å². The van der Waals surface area contributed by atoms with Crippen LogP contribution in [-0.4, -0.2) is 12.2 Å². The Morgan fingerprint density at radius 3 is 2.04 bits per heavy atom. The lowest BCUT2D eigenvalue weighted by Crippen LogP contribution is -2.51. The first-order valence-corrected chi connectivity index (χ1v) is 10.9. The smallest absolute Gasteiger partial charge is 0.142 e. The molecule has 1 atom stereocenters. The fourth-order valence-corrected chi connectivity index (χ4v) is 4.41. The fourth-order valence-electron chi connectivity index (χ4n) is 4.41. The van der Waals surface area contributed by atoms with Gasteiger partial charge in [-0.2, -0.15) is 0 Å². The van der Waals surface area contributed by atoms with E-state index in [1.807, 2.05) is 12.1 Å². The molecule has 3 N–H and O–H groups in total. The molecule has 1 aromatic rings. The minimum atomic E-state index is -0.826. The molecular weight excluding hydrogens is 334 g/mol. The Balaban J connectivity index is 0.000000828. The van der Waals surface area contributed by atoms with Crippen molar-refractivity contribution < 1.29 is 9.84 Å². The number of unbranched alkanes of at least 4 members (excludes halogenated alkanes) is 1. The summed E-state index contributed by atoms with van der Waals surface area (Å²) in [5, 5.41) is 12.0. The highest BCUT2D eigenvalue weighted by molar-refractivity contribution is 5.59. The predicted molar refractivity (Wildman–Crippen MR) is 117 cm³/mol. The first-order valence-electron chi connectivity index (χ1n) is 10.9. The molecule has 0 spiro atoms. The second-order valence-corrected chi connectivity index (χ2v) is 8.68. The molecule has 156 valence electrons. The maximum absolute atomic E-state index is 12.0. The van der Waals surface area contributed by atoms with E-state index in [1.54, 1.807) is 7.11 Å². The monoisotopic (exact) mass is 377 g/mol. The molecule has 0 saturated carbocycles. The zero-order valence-electron chi connectivity index (χ0n) is 18.8.